The van der Waals surface area contributed by atoms with Crippen molar-refractivity contribution in [2.24, 2.45) is 11.8 Å². The molecule has 0 bridgehead atoms. The lowest BCUT2D eigenvalue weighted by Crippen LogP contribution is -2.41. The van der Waals surface area contributed by atoms with Crippen LogP contribution in [0.25, 0.3) is 0 Å². The molecule has 2 fully saturated rings. The Labute approximate surface area is 169 Å². The minimum atomic E-state index is -0.149. The van der Waals surface area contributed by atoms with Gasteiger partial charge in [0.2, 0.25) is 0 Å². The second-order valence-corrected chi connectivity index (χ2v) is 8.52. The van der Waals surface area contributed by atoms with Crippen LogP contribution in [0.5, 0.6) is 0 Å². The van der Waals surface area contributed by atoms with Crippen molar-refractivity contribution >= 4 is 23.2 Å². The van der Waals surface area contributed by atoms with Gasteiger partial charge in [0.25, 0.3) is 5.91 Å². The smallest absolute Gasteiger partial charge is 0.257 e. The molecule has 1 aliphatic carbocycles. The molecule has 27 heavy (non-hydrogen) atoms. The SMILES string of the molecule is O=C(NC(=S)NCCC1CCN(CC2CCCCC2)CC1)c1ccccc1. The van der Waals surface area contributed by atoms with E-state index in [0.717, 1.165) is 24.8 Å². The third kappa shape index (κ3) is 6.89. The van der Waals surface area contributed by atoms with Crippen molar-refractivity contribution in [3.63, 3.8) is 0 Å². The minimum Gasteiger partial charge on any atom is -0.362 e. The topological polar surface area (TPSA) is 44.4 Å². The number of rotatable bonds is 6. The van der Waals surface area contributed by atoms with E-state index in [-0.39, 0.29) is 5.91 Å². The second-order valence-electron chi connectivity index (χ2n) is 8.11. The Bertz CT molecular complexity index is 593. The fourth-order valence-electron chi connectivity index (χ4n) is 4.39. The van der Waals surface area contributed by atoms with Crippen LogP contribution in [0.15, 0.2) is 30.3 Å². The summed E-state index contributed by atoms with van der Waals surface area (Å²) < 4.78 is 0. The van der Waals surface area contributed by atoms with E-state index < -0.39 is 0 Å². The van der Waals surface area contributed by atoms with Crippen molar-refractivity contribution in [2.45, 2.75) is 51.4 Å². The molecule has 1 aromatic rings. The molecular weight excluding hydrogens is 354 g/mol. The standard InChI is InChI=1S/C22H33N3OS/c26-21(20-9-5-2-6-10-20)24-22(27)23-14-11-18-12-15-25(16-13-18)17-19-7-3-1-4-8-19/h2,5-6,9-10,18-19H,1,3-4,7-8,11-17H2,(H2,23,24,26,27). The van der Waals surface area contributed by atoms with Gasteiger partial charge in [-0.1, -0.05) is 37.5 Å². The first-order chi connectivity index (χ1) is 13.2. The molecule has 1 saturated heterocycles. The molecule has 0 atom stereocenters. The van der Waals surface area contributed by atoms with Crippen LogP contribution in [0.1, 0.15) is 61.7 Å². The molecule has 1 saturated carbocycles. The lowest BCUT2D eigenvalue weighted by Gasteiger charge is -2.35. The number of amides is 1. The highest BCUT2D eigenvalue weighted by atomic mass is 32.1. The maximum absolute atomic E-state index is 12.1. The highest BCUT2D eigenvalue weighted by molar-refractivity contribution is 7.80. The number of carbonyl (C=O) groups excluding carboxylic acids is 1. The van der Waals surface area contributed by atoms with E-state index in [1.165, 1.54) is 64.6 Å². The first kappa shape index (κ1) is 20.3. The van der Waals surface area contributed by atoms with Crippen molar-refractivity contribution in [3.8, 4) is 0 Å². The molecule has 1 aliphatic heterocycles. The van der Waals surface area contributed by atoms with E-state index in [9.17, 15) is 4.79 Å². The summed E-state index contributed by atoms with van der Waals surface area (Å²) in [5.74, 6) is 1.57. The molecule has 0 spiro atoms. The summed E-state index contributed by atoms with van der Waals surface area (Å²) in [6, 6.07) is 9.18. The average molecular weight is 388 g/mol. The van der Waals surface area contributed by atoms with Gasteiger partial charge in [-0.3, -0.25) is 10.1 Å². The molecule has 1 aromatic carbocycles. The Morgan fingerprint density at radius 3 is 2.41 bits per heavy atom. The van der Waals surface area contributed by atoms with Gasteiger partial charge >= 0.3 is 0 Å². The van der Waals surface area contributed by atoms with Crippen LogP contribution < -0.4 is 10.6 Å². The van der Waals surface area contributed by atoms with E-state index >= 15 is 0 Å². The van der Waals surface area contributed by atoms with Crippen LogP contribution in [0.2, 0.25) is 0 Å². The number of thiocarbonyl (C=S) groups is 1. The van der Waals surface area contributed by atoms with Crippen molar-refractivity contribution < 1.29 is 4.79 Å². The molecule has 4 nitrogen and oxygen atoms in total. The zero-order chi connectivity index (χ0) is 18.9. The average Bonchev–Trinajstić information content (AvgIpc) is 2.71. The van der Waals surface area contributed by atoms with E-state index in [4.69, 9.17) is 12.2 Å². The Morgan fingerprint density at radius 1 is 1.00 bits per heavy atom. The van der Waals surface area contributed by atoms with Crippen molar-refractivity contribution in [2.75, 3.05) is 26.2 Å². The molecule has 0 aromatic heterocycles. The number of nitrogens with zero attached hydrogens (tertiary/aromatic N) is 1. The van der Waals surface area contributed by atoms with Gasteiger partial charge in [0.15, 0.2) is 5.11 Å². The second kappa shape index (κ2) is 10.8. The van der Waals surface area contributed by atoms with Crippen LogP contribution in [0.3, 0.4) is 0 Å². The summed E-state index contributed by atoms with van der Waals surface area (Å²) in [6.45, 7) is 4.65. The van der Waals surface area contributed by atoms with Gasteiger partial charge in [0.05, 0.1) is 0 Å². The van der Waals surface area contributed by atoms with Crippen LogP contribution in [0, 0.1) is 11.8 Å². The molecule has 1 heterocycles. The van der Waals surface area contributed by atoms with E-state index in [1.807, 2.05) is 18.2 Å². The fraction of sp³-hybridized carbons (Fsp3) is 0.636. The van der Waals surface area contributed by atoms with Crippen LogP contribution in [-0.4, -0.2) is 42.1 Å². The first-order valence-corrected chi connectivity index (χ1v) is 11.0. The summed E-state index contributed by atoms with van der Waals surface area (Å²) in [4.78, 5) is 14.8. The van der Waals surface area contributed by atoms with Gasteiger partial charge in [0, 0.05) is 18.7 Å². The Morgan fingerprint density at radius 2 is 1.70 bits per heavy atom. The fourth-order valence-corrected chi connectivity index (χ4v) is 4.59. The monoisotopic (exact) mass is 387 g/mol. The molecule has 148 valence electrons. The molecule has 2 N–H and O–H groups in total. The summed E-state index contributed by atoms with van der Waals surface area (Å²) in [7, 11) is 0. The maximum atomic E-state index is 12.1. The zero-order valence-corrected chi connectivity index (χ0v) is 17.1. The van der Waals surface area contributed by atoms with Gasteiger partial charge in [0.1, 0.15) is 0 Å². The van der Waals surface area contributed by atoms with Crippen LogP contribution in [0.4, 0.5) is 0 Å². The predicted molar refractivity (Wildman–Crippen MR) is 115 cm³/mol. The number of likely N-dealkylation sites (tertiary alicyclic amines) is 1. The largest absolute Gasteiger partial charge is 0.362 e. The summed E-state index contributed by atoms with van der Waals surface area (Å²) in [5.41, 5.74) is 0.631. The molecule has 0 unspecified atom stereocenters. The van der Waals surface area contributed by atoms with E-state index in [2.05, 4.69) is 15.5 Å². The normalized spacial score (nSPS) is 19.6. The molecular formula is C22H33N3OS. The van der Waals surface area contributed by atoms with Crippen LogP contribution in [-0.2, 0) is 0 Å². The highest BCUT2D eigenvalue weighted by Crippen LogP contribution is 2.27. The number of piperidine rings is 1. The third-order valence-electron chi connectivity index (χ3n) is 6.05. The molecule has 2 aliphatic rings. The van der Waals surface area contributed by atoms with Gasteiger partial charge in [-0.2, -0.15) is 0 Å². The maximum Gasteiger partial charge on any atom is 0.257 e. The number of benzene rings is 1. The van der Waals surface area contributed by atoms with Gasteiger partial charge in [-0.25, -0.2) is 0 Å². The van der Waals surface area contributed by atoms with Crippen molar-refractivity contribution in [1.29, 1.82) is 0 Å². The first-order valence-electron chi connectivity index (χ1n) is 10.6. The van der Waals surface area contributed by atoms with Crippen molar-refractivity contribution in [1.82, 2.24) is 15.5 Å². The van der Waals surface area contributed by atoms with Crippen molar-refractivity contribution in [3.05, 3.63) is 35.9 Å². The Hall–Kier alpha value is -1.46. The highest BCUT2D eigenvalue weighted by Gasteiger charge is 2.22. The zero-order valence-electron chi connectivity index (χ0n) is 16.3. The lowest BCUT2D eigenvalue weighted by atomic mass is 9.87. The molecule has 5 heteroatoms. The number of hydrogen-bond donors (Lipinski definition) is 2. The summed E-state index contributed by atoms with van der Waals surface area (Å²) in [5, 5.41) is 6.38. The number of nitrogens with one attached hydrogen (secondary N) is 2. The van der Waals surface area contributed by atoms with Gasteiger partial charge in [-0.15, -0.1) is 0 Å². The molecule has 1 amide bonds. The molecule has 3 rings (SSSR count). The lowest BCUT2D eigenvalue weighted by molar-refractivity contribution is 0.0976. The minimum absolute atomic E-state index is 0.149. The quantitative estimate of drug-likeness (QED) is 0.725. The van der Waals surface area contributed by atoms with Gasteiger partial charge < -0.3 is 10.2 Å². The summed E-state index contributed by atoms with van der Waals surface area (Å²) in [6.07, 6.45) is 10.9. The Balaban J connectivity index is 1.27. The number of hydrogen-bond acceptors (Lipinski definition) is 3. The number of carbonyl (C=O) groups is 1. The van der Waals surface area contributed by atoms with Gasteiger partial charge in [-0.05, 0) is 81.4 Å². The summed E-state index contributed by atoms with van der Waals surface area (Å²) >= 11 is 5.26. The Kier molecular flexibility index (Phi) is 8.09. The molecule has 0 radical (unpaired) electrons. The predicted octanol–water partition coefficient (Wildman–Crippen LogP) is 3.97. The van der Waals surface area contributed by atoms with E-state index in [0.29, 0.717) is 10.7 Å². The van der Waals surface area contributed by atoms with E-state index in [1.54, 1.807) is 12.1 Å². The third-order valence-corrected chi connectivity index (χ3v) is 6.30. The van der Waals surface area contributed by atoms with Crippen LogP contribution >= 0.6 is 12.2 Å².